The minimum absolute atomic E-state index is 0.627. The van der Waals surface area contributed by atoms with E-state index in [9.17, 15) is 0 Å². The van der Waals surface area contributed by atoms with Gasteiger partial charge in [0.15, 0.2) is 0 Å². The zero-order valence-corrected chi connectivity index (χ0v) is 12.4. The zero-order chi connectivity index (χ0) is 12.5. The molecule has 3 rings (SSSR count). The van der Waals surface area contributed by atoms with Gasteiger partial charge in [-0.2, -0.15) is 0 Å². The maximum absolute atomic E-state index is 5.81. The maximum Gasteiger partial charge on any atom is 0.0975 e. The van der Waals surface area contributed by atoms with Crippen LogP contribution in [0.3, 0.4) is 0 Å². The molecular weight excluding hydrogens is 308 g/mol. The zero-order valence-electron chi connectivity index (χ0n) is 10.0. The Morgan fingerprint density at radius 1 is 1.39 bits per heavy atom. The molecule has 0 atom stereocenters. The van der Waals surface area contributed by atoms with Crippen molar-refractivity contribution in [2.45, 2.75) is 31.7 Å². The second kappa shape index (κ2) is 5.11. The highest BCUT2D eigenvalue weighted by Crippen LogP contribution is 2.42. The van der Waals surface area contributed by atoms with E-state index in [-0.39, 0.29) is 0 Å². The number of nitrogens with zero attached hydrogens (tertiary/aromatic N) is 1. The van der Waals surface area contributed by atoms with E-state index in [2.05, 4.69) is 34.1 Å². The summed E-state index contributed by atoms with van der Waals surface area (Å²) in [6.45, 7) is 0.627. The molecule has 1 aliphatic rings. The smallest absolute Gasteiger partial charge is 0.0975 e. The molecule has 2 N–H and O–H groups in total. The van der Waals surface area contributed by atoms with Crippen LogP contribution in [-0.4, -0.2) is 4.98 Å². The quantitative estimate of drug-likeness (QED) is 0.929. The van der Waals surface area contributed by atoms with Crippen molar-refractivity contribution in [3.63, 3.8) is 0 Å². The lowest BCUT2D eigenvalue weighted by Gasteiger charge is -1.98. The van der Waals surface area contributed by atoms with Gasteiger partial charge in [-0.05, 0) is 30.5 Å². The van der Waals surface area contributed by atoms with Crippen LogP contribution in [0.4, 0.5) is 0 Å². The summed E-state index contributed by atoms with van der Waals surface area (Å²) in [6.07, 6.45) is 3.48. The van der Waals surface area contributed by atoms with E-state index in [0.29, 0.717) is 12.5 Å². The molecule has 2 aromatic rings. The van der Waals surface area contributed by atoms with E-state index >= 15 is 0 Å². The number of hydrogen-bond acceptors (Lipinski definition) is 3. The molecular formula is C14H15BrN2S. The summed E-state index contributed by atoms with van der Waals surface area (Å²) in [5.74, 6) is 0.691. The normalized spacial score (nSPS) is 15.0. The fourth-order valence-corrected chi connectivity index (χ4v) is 3.65. The van der Waals surface area contributed by atoms with Gasteiger partial charge in [0.25, 0.3) is 0 Å². The first-order valence-corrected chi connectivity index (χ1v) is 7.80. The van der Waals surface area contributed by atoms with Crippen LogP contribution in [0.1, 0.15) is 39.9 Å². The number of halogens is 1. The first-order valence-electron chi connectivity index (χ1n) is 6.19. The average Bonchev–Trinajstić information content (AvgIpc) is 3.11. The van der Waals surface area contributed by atoms with Crippen LogP contribution < -0.4 is 5.73 Å². The van der Waals surface area contributed by atoms with E-state index in [1.165, 1.54) is 34.0 Å². The van der Waals surface area contributed by atoms with Crippen molar-refractivity contribution in [3.05, 3.63) is 49.9 Å². The molecule has 1 heterocycles. The molecule has 18 heavy (non-hydrogen) atoms. The van der Waals surface area contributed by atoms with Gasteiger partial charge in [-0.15, -0.1) is 11.3 Å². The Balaban J connectivity index is 1.84. The molecule has 1 aliphatic carbocycles. The van der Waals surface area contributed by atoms with Crippen molar-refractivity contribution >= 4 is 27.3 Å². The molecule has 1 aromatic heterocycles. The van der Waals surface area contributed by atoms with E-state index in [1.807, 2.05) is 6.07 Å². The Morgan fingerprint density at radius 2 is 2.22 bits per heavy atom. The highest BCUT2D eigenvalue weighted by molar-refractivity contribution is 9.10. The SMILES string of the molecule is NCc1sc(Cc2cccc(Br)c2)nc1C1CC1. The van der Waals surface area contributed by atoms with E-state index < -0.39 is 0 Å². The minimum atomic E-state index is 0.627. The number of benzene rings is 1. The van der Waals surface area contributed by atoms with E-state index in [4.69, 9.17) is 10.7 Å². The minimum Gasteiger partial charge on any atom is -0.326 e. The Bertz CT molecular complexity index is 561. The number of aromatic nitrogens is 1. The third-order valence-electron chi connectivity index (χ3n) is 3.17. The highest BCUT2D eigenvalue weighted by atomic mass is 79.9. The average molecular weight is 323 g/mol. The lowest BCUT2D eigenvalue weighted by atomic mass is 10.2. The van der Waals surface area contributed by atoms with Crippen LogP contribution in [0.5, 0.6) is 0 Å². The standard InChI is InChI=1S/C14H15BrN2S/c15-11-3-1-2-9(6-11)7-13-17-14(10-4-5-10)12(8-16)18-13/h1-3,6,10H,4-5,7-8,16H2. The maximum atomic E-state index is 5.81. The van der Waals surface area contributed by atoms with Crippen LogP contribution in [0.15, 0.2) is 28.7 Å². The Morgan fingerprint density at radius 3 is 2.89 bits per heavy atom. The van der Waals surface area contributed by atoms with Crippen molar-refractivity contribution in [1.29, 1.82) is 0 Å². The number of rotatable bonds is 4. The summed E-state index contributed by atoms with van der Waals surface area (Å²) in [7, 11) is 0. The van der Waals surface area contributed by atoms with Gasteiger partial charge in [-0.1, -0.05) is 28.1 Å². The molecule has 0 unspecified atom stereocenters. The molecule has 1 aromatic carbocycles. The molecule has 94 valence electrons. The predicted octanol–water partition coefficient (Wildman–Crippen LogP) is 3.83. The lowest BCUT2D eigenvalue weighted by Crippen LogP contribution is -1.96. The summed E-state index contributed by atoms with van der Waals surface area (Å²) in [6, 6.07) is 8.41. The molecule has 0 radical (unpaired) electrons. The van der Waals surface area contributed by atoms with Gasteiger partial charge in [0, 0.05) is 28.2 Å². The van der Waals surface area contributed by atoms with Crippen molar-refractivity contribution in [2.75, 3.05) is 0 Å². The first-order chi connectivity index (χ1) is 8.76. The van der Waals surface area contributed by atoms with Gasteiger partial charge in [-0.25, -0.2) is 4.98 Å². The fourth-order valence-electron chi connectivity index (χ4n) is 2.13. The summed E-state index contributed by atoms with van der Waals surface area (Å²) >= 11 is 5.28. The van der Waals surface area contributed by atoms with Crippen LogP contribution in [0.2, 0.25) is 0 Å². The summed E-state index contributed by atoms with van der Waals surface area (Å²) < 4.78 is 1.12. The Kier molecular flexibility index (Phi) is 3.50. The van der Waals surface area contributed by atoms with Crippen LogP contribution in [0.25, 0.3) is 0 Å². The van der Waals surface area contributed by atoms with Crippen LogP contribution >= 0.6 is 27.3 Å². The number of hydrogen-bond donors (Lipinski definition) is 1. The van der Waals surface area contributed by atoms with Crippen molar-refractivity contribution in [3.8, 4) is 0 Å². The van der Waals surface area contributed by atoms with Gasteiger partial charge >= 0.3 is 0 Å². The molecule has 2 nitrogen and oxygen atoms in total. The van der Waals surface area contributed by atoms with Gasteiger partial charge < -0.3 is 5.73 Å². The fraction of sp³-hybridized carbons (Fsp3) is 0.357. The van der Waals surface area contributed by atoms with E-state index in [0.717, 1.165) is 10.9 Å². The summed E-state index contributed by atoms with van der Waals surface area (Å²) in [5, 5.41) is 1.19. The van der Waals surface area contributed by atoms with Crippen LogP contribution in [0, 0.1) is 0 Å². The Hall–Kier alpha value is -0.710. The van der Waals surface area contributed by atoms with Crippen molar-refractivity contribution in [1.82, 2.24) is 4.98 Å². The van der Waals surface area contributed by atoms with Gasteiger partial charge in [-0.3, -0.25) is 0 Å². The monoisotopic (exact) mass is 322 g/mol. The van der Waals surface area contributed by atoms with E-state index in [1.54, 1.807) is 11.3 Å². The topological polar surface area (TPSA) is 38.9 Å². The van der Waals surface area contributed by atoms with Gasteiger partial charge in [0.1, 0.15) is 0 Å². The second-order valence-electron chi connectivity index (χ2n) is 4.70. The molecule has 1 fully saturated rings. The van der Waals surface area contributed by atoms with Crippen molar-refractivity contribution < 1.29 is 0 Å². The molecule has 0 spiro atoms. The molecule has 0 amide bonds. The summed E-state index contributed by atoms with van der Waals surface area (Å²) in [4.78, 5) is 6.07. The third kappa shape index (κ3) is 2.66. The lowest BCUT2D eigenvalue weighted by molar-refractivity contribution is 0.959. The first kappa shape index (κ1) is 12.3. The molecule has 0 aliphatic heterocycles. The number of thiazole rings is 1. The molecule has 1 saturated carbocycles. The molecule has 0 saturated heterocycles. The van der Waals surface area contributed by atoms with Crippen LogP contribution in [-0.2, 0) is 13.0 Å². The van der Waals surface area contributed by atoms with Gasteiger partial charge in [0.2, 0.25) is 0 Å². The number of nitrogens with two attached hydrogens (primary N) is 1. The Labute approximate surface area is 119 Å². The van der Waals surface area contributed by atoms with Crippen molar-refractivity contribution in [2.24, 2.45) is 5.73 Å². The predicted molar refractivity (Wildman–Crippen MR) is 78.9 cm³/mol. The molecule has 0 bridgehead atoms. The second-order valence-corrected chi connectivity index (χ2v) is 6.78. The largest absolute Gasteiger partial charge is 0.326 e. The van der Waals surface area contributed by atoms with Gasteiger partial charge in [0.05, 0.1) is 10.7 Å². The molecule has 4 heteroatoms. The highest BCUT2D eigenvalue weighted by Gasteiger charge is 2.29. The summed E-state index contributed by atoms with van der Waals surface area (Å²) in [5.41, 5.74) is 8.38. The third-order valence-corrected chi connectivity index (χ3v) is 4.75.